The molecule has 0 spiro atoms. The Morgan fingerprint density at radius 2 is 2.12 bits per heavy atom. The Balaban J connectivity index is 2.34. The maximum atomic E-state index is 11.8. The summed E-state index contributed by atoms with van der Waals surface area (Å²) in [4.78, 5) is 13.8. The van der Waals surface area contributed by atoms with E-state index in [1.165, 1.54) is 4.68 Å². The van der Waals surface area contributed by atoms with Crippen LogP contribution in [0.3, 0.4) is 0 Å². The van der Waals surface area contributed by atoms with Crippen LogP contribution in [0.2, 0.25) is 5.02 Å². The molecule has 5 nitrogen and oxygen atoms in total. The highest BCUT2D eigenvalue weighted by molar-refractivity contribution is 6.33. The number of aliphatic hydroxyl groups excluding tert-OH is 1. The molecule has 1 aromatic heterocycles. The summed E-state index contributed by atoms with van der Waals surface area (Å²) in [6.07, 6.45) is 3.84. The van der Waals surface area contributed by atoms with Crippen LogP contribution in [0, 0.1) is 0 Å². The van der Waals surface area contributed by atoms with E-state index in [4.69, 9.17) is 16.7 Å². The van der Waals surface area contributed by atoms with Gasteiger partial charge in [0, 0.05) is 13.1 Å². The molecule has 0 amide bonds. The summed E-state index contributed by atoms with van der Waals surface area (Å²) in [5.41, 5.74) is 0.374. The van der Waals surface area contributed by atoms with Gasteiger partial charge in [-0.1, -0.05) is 11.6 Å². The van der Waals surface area contributed by atoms with Crippen molar-refractivity contribution in [2.75, 3.05) is 24.6 Å². The van der Waals surface area contributed by atoms with Crippen LogP contribution in [0.4, 0.5) is 5.69 Å². The van der Waals surface area contributed by atoms with E-state index in [0.717, 1.165) is 25.9 Å². The van der Waals surface area contributed by atoms with E-state index in [2.05, 4.69) is 10.00 Å². The monoisotopic (exact) mass is 243 g/mol. The van der Waals surface area contributed by atoms with Crippen LogP contribution < -0.4 is 10.5 Å². The second-order valence-corrected chi connectivity index (χ2v) is 4.17. The van der Waals surface area contributed by atoms with E-state index in [0.29, 0.717) is 5.69 Å². The molecule has 6 heteroatoms. The number of anilines is 1. The SMILES string of the molecule is O=c1c(Cl)c(N2CCCC2)cnn1CCO. The normalized spacial score (nSPS) is 15.8. The Morgan fingerprint density at radius 3 is 2.75 bits per heavy atom. The molecule has 0 saturated carbocycles. The highest BCUT2D eigenvalue weighted by Gasteiger charge is 2.18. The van der Waals surface area contributed by atoms with Gasteiger partial charge in [-0.15, -0.1) is 0 Å². The smallest absolute Gasteiger partial charge is 0.287 e. The molecule has 0 atom stereocenters. The fourth-order valence-electron chi connectivity index (χ4n) is 1.89. The van der Waals surface area contributed by atoms with Crippen LogP contribution in [-0.2, 0) is 6.54 Å². The van der Waals surface area contributed by atoms with Gasteiger partial charge in [-0.25, -0.2) is 4.68 Å². The largest absolute Gasteiger partial charge is 0.394 e. The third-order valence-corrected chi connectivity index (χ3v) is 3.08. The number of aliphatic hydroxyl groups is 1. The first-order chi connectivity index (χ1) is 7.74. The number of rotatable bonds is 3. The molecular weight excluding hydrogens is 230 g/mol. The van der Waals surface area contributed by atoms with Crippen molar-refractivity contribution in [3.63, 3.8) is 0 Å². The van der Waals surface area contributed by atoms with Gasteiger partial charge in [0.2, 0.25) is 0 Å². The van der Waals surface area contributed by atoms with Gasteiger partial charge in [0.25, 0.3) is 5.56 Å². The van der Waals surface area contributed by atoms with E-state index < -0.39 is 0 Å². The molecule has 1 aromatic rings. The second kappa shape index (κ2) is 4.84. The average Bonchev–Trinajstić information content (AvgIpc) is 2.79. The zero-order chi connectivity index (χ0) is 11.5. The van der Waals surface area contributed by atoms with Gasteiger partial charge in [-0.2, -0.15) is 5.10 Å². The Labute approximate surface area is 98.3 Å². The van der Waals surface area contributed by atoms with Crippen LogP contribution in [0.15, 0.2) is 11.0 Å². The van der Waals surface area contributed by atoms with E-state index in [1.54, 1.807) is 6.20 Å². The van der Waals surface area contributed by atoms with Crippen molar-refractivity contribution >= 4 is 17.3 Å². The number of halogens is 1. The second-order valence-electron chi connectivity index (χ2n) is 3.79. The lowest BCUT2D eigenvalue weighted by atomic mass is 10.4. The molecule has 0 radical (unpaired) electrons. The summed E-state index contributed by atoms with van der Waals surface area (Å²) in [6.45, 7) is 1.90. The molecular formula is C10H14ClN3O2. The number of nitrogens with zero attached hydrogens (tertiary/aromatic N) is 3. The summed E-state index contributed by atoms with van der Waals surface area (Å²) >= 11 is 6.02. The van der Waals surface area contributed by atoms with Crippen molar-refractivity contribution in [1.82, 2.24) is 9.78 Å². The van der Waals surface area contributed by atoms with Gasteiger partial charge in [-0.05, 0) is 12.8 Å². The number of aromatic nitrogens is 2. The van der Waals surface area contributed by atoms with Gasteiger partial charge in [0.05, 0.1) is 25.0 Å². The lowest BCUT2D eigenvalue weighted by molar-refractivity contribution is 0.266. The fourth-order valence-corrected chi connectivity index (χ4v) is 2.15. The number of hydrogen-bond donors (Lipinski definition) is 1. The highest BCUT2D eigenvalue weighted by atomic mass is 35.5. The topological polar surface area (TPSA) is 58.4 Å². The summed E-state index contributed by atoms with van der Waals surface area (Å²) in [5, 5.41) is 13.0. The first-order valence-corrected chi connectivity index (χ1v) is 5.73. The minimum atomic E-state index is -0.333. The Morgan fingerprint density at radius 1 is 1.44 bits per heavy atom. The zero-order valence-electron chi connectivity index (χ0n) is 8.90. The Hall–Kier alpha value is -1.07. The third kappa shape index (κ3) is 2.05. The molecule has 2 rings (SSSR count). The van der Waals surface area contributed by atoms with Crippen molar-refractivity contribution in [3.05, 3.63) is 21.6 Å². The van der Waals surface area contributed by atoms with Gasteiger partial charge < -0.3 is 10.0 Å². The molecule has 88 valence electrons. The lowest BCUT2D eigenvalue weighted by Gasteiger charge is -2.18. The minimum absolute atomic E-state index is 0.119. The summed E-state index contributed by atoms with van der Waals surface area (Å²) in [5.74, 6) is 0. The van der Waals surface area contributed by atoms with Crippen LogP contribution >= 0.6 is 11.6 Å². The van der Waals surface area contributed by atoms with Crippen LogP contribution in [0.1, 0.15) is 12.8 Å². The molecule has 1 aliphatic heterocycles. The maximum absolute atomic E-state index is 11.8. The maximum Gasteiger partial charge on any atom is 0.287 e. The predicted molar refractivity (Wildman–Crippen MR) is 62.0 cm³/mol. The van der Waals surface area contributed by atoms with E-state index in [9.17, 15) is 4.79 Å². The Kier molecular flexibility index (Phi) is 3.46. The van der Waals surface area contributed by atoms with Crippen LogP contribution in [-0.4, -0.2) is 34.6 Å². The molecule has 0 aliphatic carbocycles. The molecule has 1 N–H and O–H groups in total. The Bertz CT molecular complexity index is 427. The number of hydrogen-bond acceptors (Lipinski definition) is 4. The van der Waals surface area contributed by atoms with Crippen molar-refractivity contribution in [1.29, 1.82) is 0 Å². The average molecular weight is 244 g/mol. The molecule has 1 saturated heterocycles. The van der Waals surface area contributed by atoms with Gasteiger partial charge in [0.1, 0.15) is 5.02 Å². The van der Waals surface area contributed by atoms with Gasteiger partial charge >= 0.3 is 0 Å². The van der Waals surface area contributed by atoms with Crippen molar-refractivity contribution in [3.8, 4) is 0 Å². The quantitative estimate of drug-likeness (QED) is 0.840. The van der Waals surface area contributed by atoms with Crippen LogP contribution in [0.25, 0.3) is 0 Å². The molecule has 16 heavy (non-hydrogen) atoms. The van der Waals surface area contributed by atoms with Gasteiger partial charge in [-0.3, -0.25) is 4.79 Å². The predicted octanol–water partition coefficient (Wildman–Crippen LogP) is 0.489. The molecule has 0 aromatic carbocycles. The summed E-state index contributed by atoms with van der Waals surface area (Å²) in [6, 6.07) is 0. The molecule has 1 aliphatic rings. The van der Waals surface area contributed by atoms with Crippen molar-refractivity contribution < 1.29 is 5.11 Å². The molecule has 1 fully saturated rings. The first kappa shape index (κ1) is 11.4. The van der Waals surface area contributed by atoms with E-state index in [-0.39, 0.29) is 23.7 Å². The third-order valence-electron chi connectivity index (χ3n) is 2.73. The first-order valence-electron chi connectivity index (χ1n) is 5.35. The summed E-state index contributed by atoms with van der Waals surface area (Å²) in [7, 11) is 0. The van der Waals surface area contributed by atoms with E-state index >= 15 is 0 Å². The minimum Gasteiger partial charge on any atom is -0.394 e. The summed E-state index contributed by atoms with van der Waals surface area (Å²) < 4.78 is 1.18. The molecule has 0 unspecified atom stereocenters. The fraction of sp³-hybridized carbons (Fsp3) is 0.600. The molecule has 2 heterocycles. The van der Waals surface area contributed by atoms with E-state index in [1.807, 2.05) is 0 Å². The standard InChI is InChI=1S/C10H14ClN3O2/c11-9-8(13-3-1-2-4-13)7-12-14(5-6-15)10(9)16/h7,15H,1-6H2. The van der Waals surface area contributed by atoms with Gasteiger partial charge in [0.15, 0.2) is 0 Å². The highest BCUT2D eigenvalue weighted by Crippen LogP contribution is 2.24. The van der Waals surface area contributed by atoms with Crippen molar-refractivity contribution in [2.24, 2.45) is 0 Å². The van der Waals surface area contributed by atoms with Crippen LogP contribution in [0.5, 0.6) is 0 Å². The lowest BCUT2D eigenvalue weighted by Crippen LogP contribution is -2.28. The van der Waals surface area contributed by atoms with Crippen molar-refractivity contribution in [2.45, 2.75) is 19.4 Å². The zero-order valence-corrected chi connectivity index (χ0v) is 9.65. The molecule has 0 bridgehead atoms.